The molecular formula is C14H19F3N2. The lowest BCUT2D eigenvalue weighted by Crippen LogP contribution is -2.45. The number of piperidine rings is 1. The Bertz CT molecular complexity index is 427. The van der Waals surface area contributed by atoms with Crippen molar-refractivity contribution in [2.75, 3.05) is 13.1 Å². The van der Waals surface area contributed by atoms with E-state index >= 15 is 0 Å². The molecule has 0 bridgehead atoms. The van der Waals surface area contributed by atoms with Crippen molar-refractivity contribution >= 4 is 0 Å². The van der Waals surface area contributed by atoms with E-state index in [4.69, 9.17) is 5.73 Å². The van der Waals surface area contributed by atoms with E-state index in [0.717, 1.165) is 31.5 Å². The molecule has 0 radical (unpaired) electrons. The summed E-state index contributed by atoms with van der Waals surface area (Å²) in [5.74, 6) is -3.06. The first-order valence-corrected chi connectivity index (χ1v) is 6.58. The van der Waals surface area contributed by atoms with E-state index in [0.29, 0.717) is 24.6 Å². The molecule has 1 heterocycles. The Morgan fingerprint density at radius 3 is 2.47 bits per heavy atom. The van der Waals surface area contributed by atoms with Crippen molar-refractivity contribution in [3.8, 4) is 0 Å². The average molecular weight is 272 g/mol. The fourth-order valence-corrected chi connectivity index (χ4v) is 2.69. The first kappa shape index (κ1) is 14.3. The monoisotopic (exact) mass is 272 g/mol. The van der Waals surface area contributed by atoms with Gasteiger partial charge in [-0.2, -0.15) is 0 Å². The zero-order chi connectivity index (χ0) is 14.0. The quantitative estimate of drug-likeness (QED) is 0.857. The van der Waals surface area contributed by atoms with Gasteiger partial charge >= 0.3 is 0 Å². The van der Waals surface area contributed by atoms with Gasteiger partial charge in [0.1, 0.15) is 0 Å². The predicted octanol–water partition coefficient (Wildman–Crippen LogP) is 2.66. The molecule has 0 aliphatic carbocycles. The van der Waals surface area contributed by atoms with Gasteiger partial charge in [-0.3, -0.25) is 4.90 Å². The minimum absolute atomic E-state index is 0.222. The van der Waals surface area contributed by atoms with Crippen molar-refractivity contribution in [3.05, 3.63) is 35.1 Å². The van der Waals surface area contributed by atoms with Crippen LogP contribution in [0, 0.1) is 23.4 Å². The van der Waals surface area contributed by atoms with Crippen LogP contribution in [-0.2, 0) is 6.54 Å². The second-order valence-corrected chi connectivity index (χ2v) is 5.36. The summed E-state index contributed by atoms with van der Waals surface area (Å²) in [5, 5.41) is 0. The van der Waals surface area contributed by atoms with Crippen LogP contribution in [0.2, 0.25) is 0 Å². The molecule has 1 aliphatic heterocycles. The maximum absolute atomic E-state index is 13.2. The van der Waals surface area contributed by atoms with E-state index in [1.807, 2.05) is 0 Å². The molecule has 0 saturated carbocycles. The number of hydrogen-bond donors (Lipinski definition) is 1. The molecule has 5 heteroatoms. The minimum Gasteiger partial charge on any atom is -0.329 e. The molecule has 1 aromatic carbocycles. The largest absolute Gasteiger partial charge is 0.329 e. The predicted molar refractivity (Wildman–Crippen MR) is 68.0 cm³/mol. The number of nitrogens with two attached hydrogens (primary N) is 1. The zero-order valence-electron chi connectivity index (χ0n) is 11.0. The standard InChI is InChI=1S/C14H19F3N2/c1-9-2-3-19(11(4-9)7-18)8-10-5-12(15)14(17)13(16)6-10/h5-6,9,11H,2-4,7-8,18H2,1H3. The lowest BCUT2D eigenvalue weighted by molar-refractivity contribution is 0.115. The first-order valence-electron chi connectivity index (χ1n) is 6.58. The van der Waals surface area contributed by atoms with E-state index in [-0.39, 0.29) is 6.04 Å². The summed E-state index contributed by atoms with van der Waals surface area (Å²) in [6, 6.07) is 2.34. The van der Waals surface area contributed by atoms with E-state index in [1.54, 1.807) is 0 Å². The molecule has 2 atom stereocenters. The molecule has 2 rings (SSSR count). The zero-order valence-corrected chi connectivity index (χ0v) is 11.0. The Hall–Kier alpha value is -1.07. The topological polar surface area (TPSA) is 29.3 Å². The van der Waals surface area contributed by atoms with Crippen LogP contribution < -0.4 is 5.73 Å². The molecule has 1 aromatic rings. The van der Waals surface area contributed by atoms with Gasteiger partial charge in [-0.1, -0.05) is 6.92 Å². The second kappa shape index (κ2) is 5.92. The summed E-state index contributed by atoms with van der Waals surface area (Å²) in [6.07, 6.45) is 2.03. The van der Waals surface area contributed by atoms with Crippen LogP contribution in [0.15, 0.2) is 12.1 Å². The summed E-state index contributed by atoms with van der Waals surface area (Å²) in [4.78, 5) is 2.12. The molecule has 2 N–H and O–H groups in total. The molecule has 1 fully saturated rings. The minimum atomic E-state index is -1.41. The SMILES string of the molecule is CC1CCN(Cc2cc(F)c(F)c(F)c2)C(CN)C1. The summed E-state index contributed by atoms with van der Waals surface area (Å²) < 4.78 is 39.3. The molecule has 0 spiro atoms. The van der Waals surface area contributed by atoms with E-state index in [2.05, 4.69) is 11.8 Å². The van der Waals surface area contributed by atoms with Gasteiger partial charge in [0, 0.05) is 19.1 Å². The third-order valence-corrected chi connectivity index (χ3v) is 3.80. The van der Waals surface area contributed by atoms with Crippen LogP contribution in [0.25, 0.3) is 0 Å². The maximum Gasteiger partial charge on any atom is 0.194 e. The molecule has 1 saturated heterocycles. The highest BCUT2D eigenvalue weighted by molar-refractivity contribution is 5.19. The van der Waals surface area contributed by atoms with Gasteiger partial charge in [0.05, 0.1) is 0 Å². The molecule has 19 heavy (non-hydrogen) atoms. The average Bonchev–Trinajstić information content (AvgIpc) is 2.38. The van der Waals surface area contributed by atoms with Crippen molar-refractivity contribution in [3.63, 3.8) is 0 Å². The van der Waals surface area contributed by atoms with Crippen LogP contribution in [0.4, 0.5) is 13.2 Å². The Morgan fingerprint density at radius 1 is 1.26 bits per heavy atom. The van der Waals surface area contributed by atoms with E-state index < -0.39 is 17.5 Å². The molecule has 1 aliphatic rings. The lowest BCUT2D eigenvalue weighted by Gasteiger charge is -2.38. The Balaban J connectivity index is 2.12. The number of halogens is 3. The second-order valence-electron chi connectivity index (χ2n) is 5.36. The van der Waals surface area contributed by atoms with Crippen LogP contribution >= 0.6 is 0 Å². The molecule has 0 aromatic heterocycles. The Morgan fingerprint density at radius 2 is 1.89 bits per heavy atom. The molecule has 2 unspecified atom stereocenters. The Labute approximate surface area is 111 Å². The third-order valence-electron chi connectivity index (χ3n) is 3.80. The van der Waals surface area contributed by atoms with Gasteiger partial charge in [0.25, 0.3) is 0 Å². The molecule has 106 valence electrons. The normalized spacial score (nSPS) is 24.7. The highest BCUT2D eigenvalue weighted by Gasteiger charge is 2.25. The van der Waals surface area contributed by atoms with Crippen LogP contribution in [0.5, 0.6) is 0 Å². The van der Waals surface area contributed by atoms with Crippen LogP contribution in [-0.4, -0.2) is 24.0 Å². The number of benzene rings is 1. The summed E-state index contributed by atoms with van der Waals surface area (Å²) in [6.45, 7) is 3.96. The number of hydrogen-bond acceptors (Lipinski definition) is 2. The fraction of sp³-hybridized carbons (Fsp3) is 0.571. The van der Waals surface area contributed by atoms with Crippen molar-refractivity contribution in [1.29, 1.82) is 0 Å². The van der Waals surface area contributed by atoms with Crippen molar-refractivity contribution in [2.45, 2.75) is 32.4 Å². The van der Waals surface area contributed by atoms with Gasteiger partial charge in [0.2, 0.25) is 0 Å². The number of likely N-dealkylation sites (tertiary alicyclic amines) is 1. The molecular weight excluding hydrogens is 253 g/mol. The summed E-state index contributed by atoms with van der Waals surface area (Å²) in [7, 11) is 0. The fourth-order valence-electron chi connectivity index (χ4n) is 2.69. The smallest absolute Gasteiger partial charge is 0.194 e. The van der Waals surface area contributed by atoms with Gasteiger partial charge < -0.3 is 5.73 Å². The van der Waals surface area contributed by atoms with Gasteiger partial charge in [-0.25, -0.2) is 13.2 Å². The Kier molecular flexibility index (Phi) is 4.47. The lowest BCUT2D eigenvalue weighted by atomic mass is 9.92. The third kappa shape index (κ3) is 3.28. The van der Waals surface area contributed by atoms with Gasteiger partial charge in [-0.15, -0.1) is 0 Å². The number of nitrogens with zero attached hydrogens (tertiary/aromatic N) is 1. The highest BCUT2D eigenvalue weighted by Crippen LogP contribution is 2.24. The van der Waals surface area contributed by atoms with E-state index in [1.165, 1.54) is 0 Å². The highest BCUT2D eigenvalue weighted by atomic mass is 19.2. The number of rotatable bonds is 3. The summed E-state index contributed by atoms with van der Waals surface area (Å²) in [5.41, 5.74) is 6.19. The summed E-state index contributed by atoms with van der Waals surface area (Å²) >= 11 is 0. The molecule has 2 nitrogen and oxygen atoms in total. The van der Waals surface area contributed by atoms with Crippen LogP contribution in [0.1, 0.15) is 25.3 Å². The van der Waals surface area contributed by atoms with Crippen molar-refractivity contribution in [1.82, 2.24) is 4.90 Å². The van der Waals surface area contributed by atoms with Crippen molar-refractivity contribution in [2.24, 2.45) is 11.7 Å². The maximum atomic E-state index is 13.2. The van der Waals surface area contributed by atoms with Gasteiger partial charge in [-0.05, 0) is 43.0 Å². The van der Waals surface area contributed by atoms with Gasteiger partial charge in [0.15, 0.2) is 17.5 Å². The van der Waals surface area contributed by atoms with E-state index in [9.17, 15) is 13.2 Å². The van der Waals surface area contributed by atoms with Crippen molar-refractivity contribution < 1.29 is 13.2 Å². The first-order chi connectivity index (χ1) is 9.01. The molecule has 0 amide bonds. The van der Waals surface area contributed by atoms with Crippen LogP contribution in [0.3, 0.4) is 0 Å².